The second kappa shape index (κ2) is 15.9. The van der Waals surface area contributed by atoms with Gasteiger partial charge in [-0.1, -0.05) is 89.8 Å². The summed E-state index contributed by atoms with van der Waals surface area (Å²) >= 11 is 0. The second-order valence-corrected chi connectivity index (χ2v) is 8.58. The van der Waals surface area contributed by atoms with Crippen LogP contribution in [0.15, 0.2) is 42.6 Å². The molecule has 2 nitrogen and oxygen atoms in total. The number of pyridine rings is 1. The van der Waals surface area contributed by atoms with Gasteiger partial charge in [0.05, 0.1) is 6.61 Å². The molecule has 0 radical (unpaired) electrons. The minimum Gasteiger partial charge on any atom is -0.494 e. The average molecular weight is 410 g/mol. The zero-order valence-electron chi connectivity index (χ0n) is 19.5. The predicted octanol–water partition coefficient (Wildman–Crippen LogP) is 8.12. The van der Waals surface area contributed by atoms with E-state index in [4.69, 9.17) is 4.74 Å². The Balaban J connectivity index is 1.60. The molecular formula is C28H43NO. The van der Waals surface area contributed by atoms with Crippen molar-refractivity contribution in [2.24, 2.45) is 0 Å². The maximum Gasteiger partial charge on any atom is 0.119 e. The lowest BCUT2D eigenvalue weighted by Gasteiger charge is -2.08. The van der Waals surface area contributed by atoms with E-state index in [1.165, 1.54) is 81.0 Å². The molecule has 0 aliphatic heterocycles. The van der Waals surface area contributed by atoms with Gasteiger partial charge in [0.1, 0.15) is 5.75 Å². The highest BCUT2D eigenvalue weighted by atomic mass is 16.5. The highest BCUT2D eigenvalue weighted by Gasteiger charge is 2.01. The Morgan fingerprint density at radius 1 is 0.600 bits per heavy atom. The molecular weight excluding hydrogens is 366 g/mol. The quantitative estimate of drug-likeness (QED) is 0.246. The Morgan fingerprint density at radius 2 is 1.23 bits per heavy atom. The molecule has 0 atom stereocenters. The van der Waals surface area contributed by atoms with E-state index in [0.29, 0.717) is 0 Å². The molecule has 1 aromatic carbocycles. The number of benzene rings is 1. The Hall–Kier alpha value is -1.83. The van der Waals surface area contributed by atoms with Gasteiger partial charge in [-0.15, -0.1) is 0 Å². The first-order valence-corrected chi connectivity index (χ1v) is 12.5. The highest BCUT2D eigenvalue weighted by Crippen LogP contribution is 2.15. The van der Waals surface area contributed by atoms with Crippen LogP contribution in [0.25, 0.3) is 0 Å². The third-order valence-corrected chi connectivity index (χ3v) is 5.81. The monoisotopic (exact) mass is 409 g/mol. The van der Waals surface area contributed by atoms with Crippen LogP contribution in [0.5, 0.6) is 5.75 Å². The summed E-state index contributed by atoms with van der Waals surface area (Å²) in [5, 5.41) is 0. The molecule has 0 aliphatic carbocycles. The topological polar surface area (TPSA) is 22.1 Å². The number of hydrogen-bond acceptors (Lipinski definition) is 2. The van der Waals surface area contributed by atoms with Crippen LogP contribution in [0.1, 0.15) is 101 Å². The zero-order valence-corrected chi connectivity index (χ0v) is 19.5. The van der Waals surface area contributed by atoms with Crippen LogP contribution in [0.4, 0.5) is 0 Å². The molecule has 0 fully saturated rings. The van der Waals surface area contributed by atoms with Crippen molar-refractivity contribution in [3.8, 4) is 5.75 Å². The lowest BCUT2D eigenvalue weighted by molar-refractivity contribution is 0.304. The largest absolute Gasteiger partial charge is 0.494 e. The molecule has 2 aromatic rings. The number of ether oxygens (including phenoxy) is 1. The van der Waals surface area contributed by atoms with Gasteiger partial charge in [-0.3, -0.25) is 4.98 Å². The molecule has 30 heavy (non-hydrogen) atoms. The van der Waals surface area contributed by atoms with Gasteiger partial charge in [-0.05, 0) is 61.4 Å². The van der Waals surface area contributed by atoms with Crippen molar-refractivity contribution in [3.63, 3.8) is 0 Å². The summed E-state index contributed by atoms with van der Waals surface area (Å²) < 4.78 is 5.90. The van der Waals surface area contributed by atoms with E-state index >= 15 is 0 Å². The van der Waals surface area contributed by atoms with Gasteiger partial charge in [-0.2, -0.15) is 0 Å². The van der Waals surface area contributed by atoms with Crippen molar-refractivity contribution in [1.82, 2.24) is 4.98 Å². The molecule has 2 rings (SSSR count). The van der Waals surface area contributed by atoms with E-state index in [2.05, 4.69) is 61.4 Å². The molecule has 0 bridgehead atoms. The molecule has 0 saturated heterocycles. The third-order valence-electron chi connectivity index (χ3n) is 5.81. The van der Waals surface area contributed by atoms with E-state index in [1.54, 1.807) is 0 Å². The predicted molar refractivity (Wildman–Crippen MR) is 129 cm³/mol. The van der Waals surface area contributed by atoms with Crippen molar-refractivity contribution in [3.05, 3.63) is 59.4 Å². The van der Waals surface area contributed by atoms with Crippen LogP contribution >= 0.6 is 0 Å². The number of rotatable bonds is 17. The molecule has 1 heterocycles. The van der Waals surface area contributed by atoms with E-state index in [1.807, 2.05) is 0 Å². The SMILES string of the molecule is CCCCCCCCCOc1ccc(CCc2ccc(CCCCCC)cn2)cc1. The second-order valence-electron chi connectivity index (χ2n) is 8.58. The van der Waals surface area contributed by atoms with E-state index < -0.39 is 0 Å². The molecule has 0 saturated carbocycles. The number of aromatic nitrogens is 1. The molecule has 0 aliphatic rings. The van der Waals surface area contributed by atoms with Gasteiger partial charge in [0.15, 0.2) is 0 Å². The van der Waals surface area contributed by atoms with Crippen LogP contribution in [0.3, 0.4) is 0 Å². The maximum atomic E-state index is 5.90. The number of hydrogen-bond donors (Lipinski definition) is 0. The fourth-order valence-corrected chi connectivity index (χ4v) is 3.78. The van der Waals surface area contributed by atoms with Crippen LogP contribution < -0.4 is 4.74 Å². The van der Waals surface area contributed by atoms with Gasteiger partial charge >= 0.3 is 0 Å². The van der Waals surface area contributed by atoms with Gasteiger partial charge in [0.2, 0.25) is 0 Å². The summed E-state index contributed by atoms with van der Waals surface area (Å²) in [4.78, 5) is 4.67. The lowest BCUT2D eigenvalue weighted by atomic mass is 10.1. The average Bonchev–Trinajstić information content (AvgIpc) is 2.79. The van der Waals surface area contributed by atoms with Crippen LogP contribution in [-0.2, 0) is 19.3 Å². The molecule has 0 unspecified atom stereocenters. The van der Waals surface area contributed by atoms with Crippen LogP contribution in [0.2, 0.25) is 0 Å². The fraction of sp³-hybridized carbons (Fsp3) is 0.607. The summed E-state index contributed by atoms with van der Waals surface area (Å²) in [6.07, 6.45) is 19.7. The summed E-state index contributed by atoms with van der Waals surface area (Å²) in [5.74, 6) is 0.996. The van der Waals surface area contributed by atoms with Crippen LogP contribution in [0, 0.1) is 0 Å². The van der Waals surface area contributed by atoms with Crippen LogP contribution in [-0.4, -0.2) is 11.6 Å². The first-order chi connectivity index (χ1) is 14.8. The van der Waals surface area contributed by atoms with Gasteiger partial charge < -0.3 is 4.74 Å². The Labute approximate surface area is 185 Å². The van der Waals surface area contributed by atoms with Crippen molar-refractivity contribution in [2.45, 2.75) is 104 Å². The molecule has 1 aromatic heterocycles. The van der Waals surface area contributed by atoms with Gasteiger partial charge in [-0.25, -0.2) is 0 Å². The maximum absolute atomic E-state index is 5.90. The smallest absolute Gasteiger partial charge is 0.119 e. The third kappa shape index (κ3) is 10.8. The van der Waals surface area contributed by atoms with E-state index in [9.17, 15) is 0 Å². The molecule has 2 heteroatoms. The highest BCUT2D eigenvalue weighted by molar-refractivity contribution is 5.28. The molecule has 0 spiro atoms. The Morgan fingerprint density at radius 3 is 1.90 bits per heavy atom. The number of aryl methyl sites for hydroxylation is 3. The number of nitrogens with zero attached hydrogens (tertiary/aromatic N) is 1. The van der Waals surface area contributed by atoms with Crippen molar-refractivity contribution >= 4 is 0 Å². The normalized spacial score (nSPS) is 11.0. The first kappa shape index (κ1) is 24.4. The summed E-state index contributed by atoms with van der Waals surface area (Å²) in [7, 11) is 0. The molecule has 0 N–H and O–H groups in total. The standard InChI is InChI=1S/C28H43NO/c1-3-5-7-9-10-11-13-23-30-28-21-17-25(18-22-28)15-19-27-20-16-26(24-29-27)14-12-8-6-4-2/h16-18,20-22,24H,3-15,19,23H2,1-2H3. The van der Waals surface area contributed by atoms with Gasteiger partial charge in [0.25, 0.3) is 0 Å². The summed E-state index contributed by atoms with van der Waals surface area (Å²) in [6.45, 7) is 5.36. The van der Waals surface area contributed by atoms with E-state index in [-0.39, 0.29) is 0 Å². The first-order valence-electron chi connectivity index (χ1n) is 12.5. The lowest BCUT2D eigenvalue weighted by Crippen LogP contribution is -1.98. The summed E-state index contributed by atoms with van der Waals surface area (Å²) in [5.41, 5.74) is 3.91. The van der Waals surface area contributed by atoms with Crippen molar-refractivity contribution < 1.29 is 4.74 Å². The summed E-state index contributed by atoms with van der Waals surface area (Å²) in [6, 6.07) is 13.1. The van der Waals surface area contributed by atoms with Crippen molar-refractivity contribution in [1.29, 1.82) is 0 Å². The minimum atomic E-state index is 0.835. The zero-order chi connectivity index (χ0) is 21.3. The number of unbranched alkanes of at least 4 members (excludes halogenated alkanes) is 9. The van der Waals surface area contributed by atoms with E-state index in [0.717, 1.165) is 38.0 Å². The molecule has 0 amide bonds. The Kier molecular flexibility index (Phi) is 13.0. The van der Waals surface area contributed by atoms with Crippen molar-refractivity contribution in [2.75, 3.05) is 6.61 Å². The minimum absolute atomic E-state index is 0.835. The fourth-order valence-electron chi connectivity index (χ4n) is 3.78. The molecule has 166 valence electrons. The Bertz CT molecular complexity index is 647. The van der Waals surface area contributed by atoms with Gasteiger partial charge in [0, 0.05) is 11.9 Å².